The van der Waals surface area contributed by atoms with E-state index in [1.165, 1.54) is 12.1 Å². The molecule has 19 heavy (non-hydrogen) atoms. The molecule has 0 aliphatic rings. The van der Waals surface area contributed by atoms with Crippen LogP contribution in [0.5, 0.6) is 0 Å². The van der Waals surface area contributed by atoms with Gasteiger partial charge >= 0.3 is 0 Å². The van der Waals surface area contributed by atoms with Crippen molar-refractivity contribution in [1.29, 1.82) is 0 Å². The molecule has 0 atom stereocenters. The maximum absolute atomic E-state index is 13.1. The smallest absolute Gasteiger partial charge is 0.223 e. The molecule has 2 N–H and O–H groups in total. The summed E-state index contributed by atoms with van der Waals surface area (Å²) >= 11 is 0. The molecule has 0 fully saturated rings. The van der Waals surface area contributed by atoms with Crippen molar-refractivity contribution in [3.63, 3.8) is 0 Å². The number of hydrogen-bond acceptors (Lipinski definition) is 5. The third kappa shape index (κ3) is 2.14. The molecule has 0 aliphatic carbocycles. The Morgan fingerprint density at radius 2 is 2.21 bits per heavy atom. The Kier molecular flexibility index (Phi) is 2.66. The van der Waals surface area contributed by atoms with Crippen LogP contribution < -0.4 is 5.73 Å². The SMILES string of the molecule is Cc1nc(CCn2c(N)nc3cc(F)ccc32)no1. The molecule has 6 nitrogen and oxygen atoms in total. The summed E-state index contributed by atoms with van der Waals surface area (Å²) in [4.78, 5) is 8.25. The van der Waals surface area contributed by atoms with Crippen LogP contribution >= 0.6 is 0 Å². The third-order valence-electron chi connectivity index (χ3n) is 2.87. The lowest BCUT2D eigenvalue weighted by Crippen LogP contribution is -2.06. The number of halogens is 1. The summed E-state index contributed by atoms with van der Waals surface area (Å²) < 4.78 is 19.8. The summed E-state index contributed by atoms with van der Waals surface area (Å²) in [5.74, 6) is 1.16. The van der Waals surface area contributed by atoms with E-state index in [1.54, 1.807) is 17.6 Å². The van der Waals surface area contributed by atoms with Gasteiger partial charge in [0, 0.05) is 26.0 Å². The average Bonchev–Trinajstić information content (AvgIpc) is 2.89. The third-order valence-corrected chi connectivity index (χ3v) is 2.87. The van der Waals surface area contributed by atoms with Crippen LogP contribution in [0.25, 0.3) is 11.0 Å². The monoisotopic (exact) mass is 261 g/mol. The highest BCUT2D eigenvalue weighted by Crippen LogP contribution is 2.19. The van der Waals surface area contributed by atoms with Crippen LogP contribution in [-0.4, -0.2) is 19.7 Å². The first-order valence-corrected chi connectivity index (χ1v) is 5.84. The van der Waals surface area contributed by atoms with Crippen LogP contribution in [0.15, 0.2) is 22.7 Å². The number of imidazole rings is 1. The zero-order chi connectivity index (χ0) is 13.4. The van der Waals surface area contributed by atoms with Crippen LogP contribution in [0, 0.1) is 12.7 Å². The molecule has 0 bridgehead atoms. The minimum Gasteiger partial charge on any atom is -0.369 e. The van der Waals surface area contributed by atoms with E-state index in [-0.39, 0.29) is 5.82 Å². The fourth-order valence-electron chi connectivity index (χ4n) is 2.01. The molecule has 3 aromatic rings. The number of nitrogens with zero attached hydrogens (tertiary/aromatic N) is 4. The molecule has 98 valence electrons. The zero-order valence-corrected chi connectivity index (χ0v) is 10.3. The van der Waals surface area contributed by atoms with E-state index in [0.717, 1.165) is 5.52 Å². The van der Waals surface area contributed by atoms with Gasteiger partial charge in [-0.25, -0.2) is 9.37 Å². The summed E-state index contributed by atoms with van der Waals surface area (Å²) in [6.45, 7) is 2.30. The molecular weight excluding hydrogens is 249 g/mol. The molecule has 2 aromatic heterocycles. The van der Waals surface area contributed by atoms with Crippen molar-refractivity contribution in [2.24, 2.45) is 0 Å². The van der Waals surface area contributed by atoms with Gasteiger partial charge in [-0.15, -0.1) is 0 Å². The molecular formula is C12H12FN5O. The first kappa shape index (κ1) is 11.6. The predicted molar refractivity (Wildman–Crippen MR) is 66.8 cm³/mol. The van der Waals surface area contributed by atoms with E-state index in [0.29, 0.717) is 36.1 Å². The minimum atomic E-state index is -0.328. The quantitative estimate of drug-likeness (QED) is 0.775. The average molecular weight is 261 g/mol. The van der Waals surface area contributed by atoms with Crippen molar-refractivity contribution in [3.8, 4) is 0 Å². The van der Waals surface area contributed by atoms with Crippen molar-refractivity contribution in [1.82, 2.24) is 19.7 Å². The summed E-state index contributed by atoms with van der Waals surface area (Å²) in [6, 6.07) is 4.41. The van der Waals surface area contributed by atoms with Crippen molar-refractivity contribution < 1.29 is 8.91 Å². The molecule has 1 aromatic carbocycles. The normalized spacial score (nSPS) is 11.3. The number of benzene rings is 1. The number of aromatic nitrogens is 4. The topological polar surface area (TPSA) is 82.8 Å². The van der Waals surface area contributed by atoms with E-state index in [9.17, 15) is 4.39 Å². The summed E-state index contributed by atoms with van der Waals surface area (Å²) in [5.41, 5.74) is 7.17. The second kappa shape index (κ2) is 4.34. The van der Waals surface area contributed by atoms with Gasteiger partial charge in [-0.1, -0.05) is 5.16 Å². The molecule has 0 amide bonds. The van der Waals surface area contributed by atoms with E-state index >= 15 is 0 Å². The van der Waals surface area contributed by atoms with Gasteiger partial charge in [-0.2, -0.15) is 4.98 Å². The van der Waals surface area contributed by atoms with Crippen molar-refractivity contribution in [3.05, 3.63) is 35.7 Å². The Hall–Kier alpha value is -2.44. The lowest BCUT2D eigenvalue weighted by molar-refractivity contribution is 0.386. The van der Waals surface area contributed by atoms with E-state index in [1.807, 2.05) is 0 Å². The summed E-state index contributed by atoms with van der Waals surface area (Å²) in [6.07, 6.45) is 0.574. The zero-order valence-electron chi connectivity index (χ0n) is 10.3. The second-order valence-electron chi connectivity index (χ2n) is 4.23. The minimum absolute atomic E-state index is 0.328. The van der Waals surface area contributed by atoms with Crippen molar-refractivity contribution in [2.45, 2.75) is 19.9 Å². The van der Waals surface area contributed by atoms with Gasteiger partial charge in [-0.05, 0) is 12.1 Å². The molecule has 0 unspecified atom stereocenters. The predicted octanol–water partition coefficient (Wildman–Crippen LogP) is 1.69. The number of nitrogens with two attached hydrogens (primary N) is 1. The summed E-state index contributed by atoms with van der Waals surface area (Å²) in [5, 5.41) is 3.82. The fourth-order valence-corrected chi connectivity index (χ4v) is 2.01. The number of rotatable bonds is 3. The summed E-state index contributed by atoms with van der Waals surface area (Å²) in [7, 11) is 0. The lowest BCUT2D eigenvalue weighted by atomic mass is 10.3. The van der Waals surface area contributed by atoms with E-state index < -0.39 is 0 Å². The van der Waals surface area contributed by atoms with Gasteiger partial charge in [0.15, 0.2) is 5.82 Å². The second-order valence-corrected chi connectivity index (χ2v) is 4.23. The molecule has 0 spiro atoms. The number of aryl methyl sites for hydroxylation is 3. The van der Waals surface area contributed by atoms with Gasteiger partial charge in [0.2, 0.25) is 11.8 Å². The lowest BCUT2D eigenvalue weighted by Gasteiger charge is -2.03. The molecule has 0 radical (unpaired) electrons. The molecule has 2 heterocycles. The number of fused-ring (bicyclic) bond motifs is 1. The van der Waals surface area contributed by atoms with Gasteiger partial charge < -0.3 is 14.8 Å². The Morgan fingerprint density at radius 3 is 2.95 bits per heavy atom. The van der Waals surface area contributed by atoms with Crippen LogP contribution in [0.4, 0.5) is 10.3 Å². The highest BCUT2D eigenvalue weighted by Gasteiger charge is 2.10. The molecule has 0 aliphatic heterocycles. The van der Waals surface area contributed by atoms with E-state index in [4.69, 9.17) is 10.3 Å². The number of nitrogen functional groups attached to an aromatic ring is 1. The Labute approximate surface area is 108 Å². The first-order valence-electron chi connectivity index (χ1n) is 5.84. The molecule has 0 saturated heterocycles. The van der Waals surface area contributed by atoms with Gasteiger partial charge in [0.1, 0.15) is 5.82 Å². The Morgan fingerprint density at radius 1 is 1.37 bits per heavy atom. The van der Waals surface area contributed by atoms with Crippen LogP contribution in [0.1, 0.15) is 11.7 Å². The van der Waals surface area contributed by atoms with Crippen LogP contribution in [0.3, 0.4) is 0 Å². The fraction of sp³-hybridized carbons (Fsp3) is 0.250. The maximum Gasteiger partial charge on any atom is 0.223 e. The first-order chi connectivity index (χ1) is 9.13. The standard InChI is InChI=1S/C12H12FN5O/c1-7-15-11(17-19-7)4-5-18-10-3-2-8(13)6-9(10)16-12(18)14/h2-3,6H,4-5H2,1H3,(H2,14,16). The van der Waals surface area contributed by atoms with Gasteiger partial charge in [0.25, 0.3) is 0 Å². The molecule has 0 saturated carbocycles. The Balaban J connectivity index is 1.90. The van der Waals surface area contributed by atoms with E-state index in [2.05, 4.69) is 15.1 Å². The highest BCUT2D eigenvalue weighted by atomic mass is 19.1. The van der Waals surface area contributed by atoms with Crippen molar-refractivity contribution >= 4 is 17.0 Å². The van der Waals surface area contributed by atoms with Crippen LogP contribution in [-0.2, 0) is 13.0 Å². The van der Waals surface area contributed by atoms with Crippen molar-refractivity contribution in [2.75, 3.05) is 5.73 Å². The highest BCUT2D eigenvalue weighted by molar-refractivity contribution is 5.78. The van der Waals surface area contributed by atoms with Gasteiger partial charge in [-0.3, -0.25) is 0 Å². The molecule has 3 rings (SSSR count). The van der Waals surface area contributed by atoms with Gasteiger partial charge in [0.05, 0.1) is 11.0 Å². The Bertz CT molecular complexity index is 733. The van der Waals surface area contributed by atoms with Crippen LogP contribution in [0.2, 0.25) is 0 Å². The number of anilines is 1. The maximum atomic E-state index is 13.1. The number of hydrogen-bond donors (Lipinski definition) is 1. The largest absolute Gasteiger partial charge is 0.369 e. The molecule has 7 heteroatoms.